The van der Waals surface area contributed by atoms with Crippen LogP contribution in [0.1, 0.15) is 5.56 Å². The van der Waals surface area contributed by atoms with Crippen LogP contribution in [0.5, 0.6) is 0 Å². The summed E-state index contributed by atoms with van der Waals surface area (Å²) in [5, 5.41) is 13.4. The van der Waals surface area contributed by atoms with E-state index in [1.54, 1.807) is 0 Å². The summed E-state index contributed by atoms with van der Waals surface area (Å²) in [6.07, 6.45) is 1.54. The van der Waals surface area contributed by atoms with E-state index in [1.165, 1.54) is 12.3 Å². The lowest BCUT2D eigenvalue weighted by Crippen LogP contribution is -2.41. The third-order valence-corrected chi connectivity index (χ3v) is 2.84. The minimum atomic E-state index is -0.892. The van der Waals surface area contributed by atoms with Crippen molar-refractivity contribution in [2.24, 2.45) is 5.11 Å². The number of nitrogens with zero attached hydrogens (tertiary/aromatic N) is 3. The maximum atomic E-state index is 9.94. The Kier molecular flexibility index (Phi) is 4.80. The third-order valence-electron chi connectivity index (χ3n) is 2.84. The number of rotatable bonds is 5. The number of hydrogen-bond acceptors (Lipinski definition) is 4. The number of aliphatic hydroxyl groups excluding tert-OH is 1. The lowest BCUT2D eigenvalue weighted by Gasteiger charge is -2.28. The average molecular weight is 261 g/mol. The summed E-state index contributed by atoms with van der Waals surface area (Å²) >= 11 is 0. The first-order chi connectivity index (χ1) is 9.31. The minimum Gasteiger partial charge on any atom is -0.493 e. The molecule has 3 atom stereocenters. The Bertz CT molecular complexity index is 471. The van der Waals surface area contributed by atoms with Gasteiger partial charge in [-0.25, -0.2) is 0 Å². The first kappa shape index (κ1) is 13.4. The van der Waals surface area contributed by atoms with Gasteiger partial charge in [0.2, 0.25) is 0 Å². The summed E-state index contributed by atoms with van der Waals surface area (Å²) in [5.41, 5.74) is 9.44. The van der Waals surface area contributed by atoms with Crippen LogP contribution < -0.4 is 0 Å². The fourth-order valence-corrected chi connectivity index (χ4v) is 1.81. The third kappa shape index (κ3) is 3.72. The van der Waals surface area contributed by atoms with Gasteiger partial charge in [-0.3, -0.25) is 0 Å². The molecule has 0 aliphatic carbocycles. The van der Waals surface area contributed by atoms with E-state index in [0.717, 1.165) is 5.56 Å². The van der Waals surface area contributed by atoms with E-state index < -0.39 is 18.2 Å². The van der Waals surface area contributed by atoms with Gasteiger partial charge in [0.05, 0.1) is 25.5 Å². The molecule has 0 saturated heterocycles. The zero-order valence-electron chi connectivity index (χ0n) is 10.3. The average Bonchev–Trinajstić information content (AvgIpc) is 2.44. The van der Waals surface area contributed by atoms with Gasteiger partial charge >= 0.3 is 0 Å². The lowest BCUT2D eigenvalue weighted by atomic mass is 10.1. The highest BCUT2D eigenvalue weighted by Gasteiger charge is 2.29. The van der Waals surface area contributed by atoms with Crippen LogP contribution in [0, 0.1) is 0 Å². The van der Waals surface area contributed by atoms with Crippen LogP contribution in [0.4, 0.5) is 0 Å². The molecule has 100 valence electrons. The molecular weight excluding hydrogens is 246 g/mol. The van der Waals surface area contributed by atoms with Crippen molar-refractivity contribution < 1.29 is 14.6 Å². The van der Waals surface area contributed by atoms with Gasteiger partial charge in [0.1, 0.15) is 12.2 Å². The smallest absolute Gasteiger partial charge is 0.147 e. The van der Waals surface area contributed by atoms with E-state index in [2.05, 4.69) is 10.0 Å². The van der Waals surface area contributed by atoms with Crippen LogP contribution in [0.25, 0.3) is 10.4 Å². The van der Waals surface area contributed by atoms with Gasteiger partial charge in [-0.2, -0.15) is 0 Å². The molecule has 6 heteroatoms. The summed E-state index contributed by atoms with van der Waals surface area (Å²) in [5.74, 6) is 0. The monoisotopic (exact) mass is 261 g/mol. The Morgan fingerprint density at radius 1 is 1.37 bits per heavy atom. The van der Waals surface area contributed by atoms with Crippen LogP contribution in [0.15, 0.2) is 47.8 Å². The van der Waals surface area contributed by atoms with E-state index in [9.17, 15) is 5.11 Å². The Morgan fingerprint density at radius 3 is 2.89 bits per heavy atom. The predicted molar refractivity (Wildman–Crippen MR) is 69.1 cm³/mol. The van der Waals surface area contributed by atoms with Gasteiger partial charge in [-0.05, 0) is 17.2 Å². The molecule has 0 spiro atoms. The van der Waals surface area contributed by atoms with E-state index in [0.29, 0.717) is 6.61 Å². The van der Waals surface area contributed by atoms with E-state index in [1.807, 2.05) is 30.3 Å². The van der Waals surface area contributed by atoms with Crippen molar-refractivity contribution in [3.05, 3.63) is 58.7 Å². The maximum Gasteiger partial charge on any atom is 0.147 e. The van der Waals surface area contributed by atoms with Crippen molar-refractivity contribution in [1.82, 2.24) is 0 Å². The minimum absolute atomic E-state index is 0.234. The first-order valence-electron chi connectivity index (χ1n) is 5.97. The second-order valence-electron chi connectivity index (χ2n) is 4.19. The van der Waals surface area contributed by atoms with Crippen molar-refractivity contribution in [3.8, 4) is 0 Å². The molecule has 1 N–H and O–H groups in total. The summed E-state index contributed by atoms with van der Waals surface area (Å²) < 4.78 is 10.8. The quantitative estimate of drug-likeness (QED) is 0.500. The van der Waals surface area contributed by atoms with Crippen LogP contribution in [-0.2, 0) is 16.1 Å². The molecule has 1 aliphatic rings. The molecule has 19 heavy (non-hydrogen) atoms. The summed E-state index contributed by atoms with van der Waals surface area (Å²) in [6.45, 7) is 0.682. The highest BCUT2D eigenvalue weighted by atomic mass is 16.5. The van der Waals surface area contributed by atoms with Crippen molar-refractivity contribution in [3.63, 3.8) is 0 Å². The van der Waals surface area contributed by atoms with Crippen molar-refractivity contribution >= 4 is 0 Å². The predicted octanol–water partition coefficient (Wildman–Crippen LogP) is 2.16. The molecule has 0 radical (unpaired) electrons. The Labute approximate surface area is 110 Å². The first-order valence-corrected chi connectivity index (χ1v) is 5.97. The zero-order chi connectivity index (χ0) is 13.5. The number of benzene rings is 1. The molecule has 0 bridgehead atoms. The number of azide groups is 1. The molecule has 0 amide bonds. The molecule has 0 unspecified atom stereocenters. The molecule has 1 heterocycles. The highest BCUT2D eigenvalue weighted by Crippen LogP contribution is 2.16. The maximum absolute atomic E-state index is 9.94. The van der Waals surface area contributed by atoms with Gasteiger partial charge in [0, 0.05) is 4.91 Å². The molecule has 0 aromatic heterocycles. The van der Waals surface area contributed by atoms with E-state index in [-0.39, 0.29) is 6.61 Å². The Hall–Kier alpha value is -2.01. The molecule has 2 rings (SSSR count). The Balaban J connectivity index is 1.83. The normalized spacial score (nSPS) is 25.4. The molecule has 1 aromatic carbocycles. The summed E-state index contributed by atoms with van der Waals surface area (Å²) in [7, 11) is 0. The van der Waals surface area contributed by atoms with Crippen LogP contribution in [-0.4, -0.2) is 30.0 Å². The van der Waals surface area contributed by atoms with Crippen molar-refractivity contribution in [2.75, 3.05) is 6.61 Å². The molecule has 6 nitrogen and oxygen atoms in total. The second kappa shape index (κ2) is 6.80. The molecule has 1 aliphatic heterocycles. The zero-order valence-corrected chi connectivity index (χ0v) is 10.3. The second-order valence-corrected chi connectivity index (χ2v) is 4.19. The molecule has 0 saturated carbocycles. The van der Waals surface area contributed by atoms with Crippen LogP contribution in [0.3, 0.4) is 0 Å². The van der Waals surface area contributed by atoms with Crippen molar-refractivity contribution in [2.45, 2.75) is 24.9 Å². The van der Waals surface area contributed by atoms with Gasteiger partial charge in [-0.15, -0.1) is 0 Å². The standard InChI is InChI=1S/C13H15N3O3/c14-16-15-11-6-7-19-12(13(11)17)9-18-8-10-4-2-1-3-5-10/h1-7,11-13,17H,8-9H2/t11-,12-,13+/m1/s1. The van der Waals surface area contributed by atoms with Gasteiger partial charge < -0.3 is 14.6 Å². The fourth-order valence-electron chi connectivity index (χ4n) is 1.81. The van der Waals surface area contributed by atoms with Crippen LogP contribution >= 0.6 is 0 Å². The van der Waals surface area contributed by atoms with Crippen LogP contribution in [0.2, 0.25) is 0 Å². The largest absolute Gasteiger partial charge is 0.493 e. The van der Waals surface area contributed by atoms with Gasteiger partial charge in [-0.1, -0.05) is 35.4 Å². The van der Waals surface area contributed by atoms with Crippen molar-refractivity contribution in [1.29, 1.82) is 0 Å². The summed E-state index contributed by atoms with van der Waals surface area (Å²) in [4.78, 5) is 2.69. The van der Waals surface area contributed by atoms with E-state index >= 15 is 0 Å². The highest BCUT2D eigenvalue weighted by molar-refractivity contribution is 5.13. The SMILES string of the molecule is [N-]=[N+]=N[C@@H]1C=CO[C@H](COCc2ccccc2)[C@H]1O. The number of ether oxygens (including phenoxy) is 2. The Morgan fingerprint density at radius 2 is 2.16 bits per heavy atom. The summed E-state index contributed by atoms with van der Waals surface area (Å²) in [6, 6.07) is 9.12. The number of hydrogen-bond donors (Lipinski definition) is 1. The van der Waals surface area contributed by atoms with Gasteiger partial charge in [0.15, 0.2) is 0 Å². The number of aliphatic hydroxyl groups is 1. The molecule has 0 fully saturated rings. The topological polar surface area (TPSA) is 87.5 Å². The lowest BCUT2D eigenvalue weighted by molar-refractivity contribution is -0.0615. The fraction of sp³-hybridized carbons (Fsp3) is 0.385. The van der Waals surface area contributed by atoms with E-state index in [4.69, 9.17) is 15.0 Å². The molecule has 1 aromatic rings. The van der Waals surface area contributed by atoms with Gasteiger partial charge in [0.25, 0.3) is 0 Å². The molecular formula is C13H15N3O3.